The highest BCUT2D eigenvalue weighted by molar-refractivity contribution is 8.14. The number of para-hydroxylation sites is 1. The van der Waals surface area contributed by atoms with E-state index >= 15 is 0 Å². The predicted molar refractivity (Wildman–Crippen MR) is 63.2 cm³/mol. The molecule has 0 spiro atoms. The van der Waals surface area contributed by atoms with Crippen molar-refractivity contribution in [1.29, 1.82) is 0 Å². The van der Waals surface area contributed by atoms with Crippen LogP contribution in [0.25, 0.3) is 0 Å². The number of nitrogens with one attached hydrogen (secondary N) is 1. The molecule has 0 aromatic heterocycles. The number of amidine groups is 1. The van der Waals surface area contributed by atoms with Gasteiger partial charge in [-0.15, -0.1) is 4.40 Å². The number of fused-ring (bicyclic) bond motifs is 1. The predicted octanol–water partition coefficient (Wildman–Crippen LogP) is 2.17. The van der Waals surface area contributed by atoms with Crippen molar-refractivity contribution in [2.75, 3.05) is 11.6 Å². The maximum absolute atomic E-state index is 11.7. The van der Waals surface area contributed by atoms with Crippen LogP contribution in [-0.4, -0.2) is 19.8 Å². The average Bonchev–Trinajstić information content (AvgIpc) is 2.18. The van der Waals surface area contributed by atoms with E-state index in [9.17, 15) is 8.42 Å². The highest BCUT2D eigenvalue weighted by Gasteiger charge is 2.25. The molecule has 0 radical (unpaired) electrons. The SMILES string of the molecule is CSC1=NS(=O)(=O)c2cccc(Cl)c2N1. The largest absolute Gasteiger partial charge is 0.332 e. The van der Waals surface area contributed by atoms with Gasteiger partial charge in [-0.25, -0.2) is 0 Å². The van der Waals surface area contributed by atoms with E-state index in [0.717, 1.165) is 0 Å². The lowest BCUT2D eigenvalue weighted by atomic mass is 10.3. The van der Waals surface area contributed by atoms with E-state index in [2.05, 4.69) is 9.71 Å². The summed E-state index contributed by atoms with van der Waals surface area (Å²) in [6.45, 7) is 0. The zero-order valence-corrected chi connectivity index (χ0v) is 10.1. The molecule has 1 aromatic rings. The minimum absolute atomic E-state index is 0.118. The van der Waals surface area contributed by atoms with Crippen molar-refractivity contribution < 1.29 is 8.42 Å². The molecule has 0 unspecified atom stereocenters. The van der Waals surface area contributed by atoms with Crippen LogP contribution in [0.4, 0.5) is 5.69 Å². The van der Waals surface area contributed by atoms with E-state index < -0.39 is 10.0 Å². The lowest BCUT2D eigenvalue weighted by Crippen LogP contribution is -2.18. The normalized spacial score (nSPS) is 17.6. The van der Waals surface area contributed by atoms with Crippen molar-refractivity contribution in [1.82, 2.24) is 0 Å². The van der Waals surface area contributed by atoms with Crippen LogP contribution in [0, 0.1) is 0 Å². The second-order valence-corrected chi connectivity index (χ2v) is 5.59. The molecule has 1 aromatic carbocycles. The summed E-state index contributed by atoms with van der Waals surface area (Å²) >= 11 is 7.12. The molecule has 0 amide bonds. The zero-order chi connectivity index (χ0) is 11.1. The van der Waals surface area contributed by atoms with E-state index in [1.807, 2.05) is 0 Å². The molecule has 80 valence electrons. The van der Waals surface area contributed by atoms with Gasteiger partial charge in [0.25, 0.3) is 10.0 Å². The fourth-order valence-corrected chi connectivity index (χ4v) is 3.32. The summed E-state index contributed by atoms with van der Waals surface area (Å²) in [6.07, 6.45) is 1.74. The molecule has 0 fully saturated rings. The second-order valence-electron chi connectivity index (χ2n) is 2.81. The molecule has 1 heterocycles. The third-order valence-electron chi connectivity index (χ3n) is 1.88. The highest BCUT2D eigenvalue weighted by Crippen LogP contribution is 2.34. The molecule has 2 rings (SSSR count). The first-order valence-electron chi connectivity index (χ1n) is 3.99. The first-order valence-corrected chi connectivity index (χ1v) is 7.03. The lowest BCUT2D eigenvalue weighted by molar-refractivity contribution is 0.598. The van der Waals surface area contributed by atoms with Gasteiger partial charge in [-0.05, 0) is 18.4 Å². The molecule has 0 saturated heterocycles. The number of hydrogen-bond donors (Lipinski definition) is 1. The number of hydrogen-bond acceptors (Lipinski definition) is 4. The first kappa shape index (κ1) is 10.8. The van der Waals surface area contributed by atoms with E-state index in [1.165, 1.54) is 17.8 Å². The van der Waals surface area contributed by atoms with Gasteiger partial charge < -0.3 is 5.32 Å². The molecule has 0 aliphatic carbocycles. The molecule has 0 bridgehead atoms. The number of thioether (sulfide) groups is 1. The Balaban J connectivity index is 2.69. The molecule has 1 aliphatic heterocycles. The quantitative estimate of drug-likeness (QED) is 0.779. The Labute approximate surface area is 96.8 Å². The number of anilines is 1. The van der Waals surface area contributed by atoms with Gasteiger partial charge in [-0.2, -0.15) is 8.42 Å². The van der Waals surface area contributed by atoms with Crippen LogP contribution in [-0.2, 0) is 10.0 Å². The lowest BCUT2D eigenvalue weighted by Gasteiger charge is -2.17. The minimum atomic E-state index is -3.61. The van der Waals surface area contributed by atoms with Crippen LogP contribution >= 0.6 is 23.4 Å². The number of rotatable bonds is 0. The Kier molecular flexibility index (Phi) is 2.66. The van der Waals surface area contributed by atoms with Gasteiger partial charge in [-0.3, -0.25) is 0 Å². The van der Waals surface area contributed by atoms with Gasteiger partial charge in [0, 0.05) is 0 Å². The maximum Gasteiger partial charge on any atom is 0.286 e. The summed E-state index contributed by atoms with van der Waals surface area (Å²) in [4.78, 5) is 0.118. The van der Waals surface area contributed by atoms with Crippen molar-refractivity contribution >= 4 is 44.2 Å². The van der Waals surface area contributed by atoms with Crippen LogP contribution in [0.5, 0.6) is 0 Å². The third kappa shape index (κ3) is 1.84. The van der Waals surface area contributed by atoms with Crippen LogP contribution < -0.4 is 5.32 Å². The van der Waals surface area contributed by atoms with Crippen molar-refractivity contribution in [3.05, 3.63) is 23.2 Å². The van der Waals surface area contributed by atoms with Gasteiger partial charge >= 0.3 is 0 Å². The Morgan fingerprint density at radius 3 is 2.87 bits per heavy atom. The Bertz CT molecular complexity index is 540. The summed E-state index contributed by atoms with van der Waals surface area (Å²) in [7, 11) is -3.61. The smallest absolute Gasteiger partial charge is 0.286 e. The molecular weight excluding hydrogens is 256 g/mol. The van der Waals surface area contributed by atoms with Gasteiger partial charge in [0.1, 0.15) is 4.90 Å². The minimum Gasteiger partial charge on any atom is -0.332 e. The van der Waals surface area contributed by atoms with Crippen molar-refractivity contribution in [2.24, 2.45) is 4.40 Å². The molecular formula is C8H7ClN2O2S2. The molecule has 15 heavy (non-hydrogen) atoms. The molecule has 0 saturated carbocycles. The molecule has 0 atom stereocenters. The summed E-state index contributed by atoms with van der Waals surface area (Å²) in [6, 6.07) is 4.69. The zero-order valence-electron chi connectivity index (χ0n) is 7.69. The second kappa shape index (κ2) is 3.70. The van der Waals surface area contributed by atoms with E-state index in [-0.39, 0.29) is 4.90 Å². The average molecular weight is 263 g/mol. The van der Waals surface area contributed by atoms with E-state index in [1.54, 1.807) is 18.4 Å². The standard InChI is InChI=1S/C8H7ClN2O2S2/c1-14-8-10-7-5(9)3-2-4-6(7)15(12,13)11-8/h2-4H,1H3,(H,10,11). The van der Waals surface area contributed by atoms with Crippen LogP contribution in [0.15, 0.2) is 27.5 Å². The highest BCUT2D eigenvalue weighted by atomic mass is 35.5. The maximum atomic E-state index is 11.7. The van der Waals surface area contributed by atoms with Gasteiger partial charge in [0.15, 0.2) is 5.17 Å². The number of nitrogens with zero attached hydrogens (tertiary/aromatic N) is 1. The summed E-state index contributed by atoms with van der Waals surface area (Å²) in [5.74, 6) is 0. The van der Waals surface area contributed by atoms with E-state index in [4.69, 9.17) is 11.6 Å². The first-order chi connectivity index (χ1) is 7.04. The topological polar surface area (TPSA) is 58.5 Å². The van der Waals surface area contributed by atoms with Gasteiger partial charge in [0.05, 0.1) is 10.7 Å². The van der Waals surface area contributed by atoms with Crippen LogP contribution in [0.3, 0.4) is 0 Å². The molecule has 1 N–H and O–H groups in total. The fourth-order valence-electron chi connectivity index (χ4n) is 1.22. The van der Waals surface area contributed by atoms with E-state index in [0.29, 0.717) is 15.9 Å². The Hall–Kier alpha value is -0.720. The number of benzene rings is 1. The fraction of sp³-hybridized carbons (Fsp3) is 0.125. The summed E-state index contributed by atoms with van der Waals surface area (Å²) in [5.41, 5.74) is 0.401. The summed E-state index contributed by atoms with van der Waals surface area (Å²) in [5, 5.41) is 3.57. The van der Waals surface area contributed by atoms with Crippen molar-refractivity contribution in [2.45, 2.75) is 4.90 Å². The van der Waals surface area contributed by atoms with Crippen molar-refractivity contribution in [3.63, 3.8) is 0 Å². The van der Waals surface area contributed by atoms with Crippen LogP contribution in [0.1, 0.15) is 0 Å². The third-order valence-corrected chi connectivity index (χ3v) is 4.21. The number of sulfonamides is 1. The Morgan fingerprint density at radius 1 is 1.47 bits per heavy atom. The van der Waals surface area contributed by atoms with Gasteiger partial charge in [0.2, 0.25) is 0 Å². The Morgan fingerprint density at radius 2 is 2.20 bits per heavy atom. The van der Waals surface area contributed by atoms with Gasteiger partial charge in [-0.1, -0.05) is 29.4 Å². The van der Waals surface area contributed by atoms with Crippen LogP contribution in [0.2, 0.25) is 5.02 Å². The molecule has 1 aliphatic rings. The number of halogens is 1. The summed E-state index contributed by atoms with van der Waals surface area (Å²) < 4.78 is 27.0. The van der Waals surface area contributed by atoms with Crippen molar-refractivity contribution in [3.8, 4) is 0 Å². The molecule has 7 heteroatoms. The molecule has 4 nitrogen and oxygen atoms in total. The monoisotopic (exact) mass is 262 g/mol.